The Kier molecular flexibility index (Phi) is 3.52. The van der Waals surface area contributed by atoms with Gasteiger partial charge in [-0.3, -0.25) is 4.90 Å². The monoisotopic (exact) mass is 244 g/mol. The molecule has 0 aliphatic carbocycles. The lowest BCUT2D eigenvalue weighted by molar-refractivity contribution is 0.327. The first-order valence-corrected chi connectivity index (χ1v) is 5.82. The van der Waals surface area contributed by atoms with Crippen LogP contribution in [0, 0.1) is 0 Å². The molecule has 2 nitrogen and oxygen atoms in total. The van der Waals surface area contributed by atoms with Crippen molar-refractivity contribution in [2.75, 3.05) is 13.1 Å². The normalized spacial score (nSPS) is 22.2. The Morgan fingerprint density at radius 3 is 2.73 bits per heavy atom. The van der Waals surface area contributed by atoms with Gasteiger partial charge in [-0.15, -0.1) is 0 Å². The van der Waals surface area contributed by atoms with Crippen molar-refractivity contribution in [2.24, 2.45) is 5.73 Å². The molecule has 1 saturated heterocycles. The number of halogens is 2. The van der Waals surface area contributed by atoms with Crippen LogP contribution in [0.15, 0.2) is 18.2 Å². The summed E-state index contributed by atoms with van der Waals surface area (Å²) >= 11 is 11.8. The van der Waals surface area contributed by atoms with Gasteiger partial charge in [-0.05, 0) is 24.1 Å². The molecule has 15 heavy (non-hydrogen) atoms. The molecular weight excluding hydrogens is 231 g/mol. The van der Waals surface area contributed by atoms with Crippen molar-refractivity contribution in [3.05, 3.63) is 33.8 Å². The van der Waals surface area contributed by atoms with E-state index in [2.05, 4.69) is 4.90 Å². The number of benzene rings is 1. The Labute approximate surface area is 100.0 Å². The van der Waals surface area contributed by atoms with Gasteiger partial charge in [-0.2, -0.15) is 0 Å². The second-order valence-electron chi connectivity index (χ2n) is 4.03. The molecule has 1 atom stereocenters. The summed E-state index contributed by atoms with van der Waals surface area (Å²) in [5.41, 5.74) is 7.04. The molecule has 0 radical (unpaired) electrons. The summed E-state index contributed by atoms with van der Waals surface area (Å²) in [6.07, 6.45) is 1.08. The largest absolute Gasteiger partial charge is 0.326 e. The minimum absolute atomic E-state index is 0.327. The molecule has 1 aliphatic heterocycles. The molecule has 0 spiro atoms. The van der Waals surface area contributed by atoms with Crippen LogP contribution in [0.2, 0.25) is 10.0 Å². The van der Waals surface area contributed by atoms with Crippen molar-refractivity contribution in [1.82, 2.24) is 4.90 Å². The van der Waals surface area contributed by atoms with E-state index in [1.54, 1.807) is 0 Å². The van der Waals surface area contributed by atoms with E-state index in [1.807, 2.05) is 18.2 Å². The molecule has 2 rings (SSSR count). The molecule has 1 aromatic carbocycles. The number of rotatable bonds is 2. The van der Waals surface area contributed by atoms with E-state index in [9.17, 15) is 0 Å². The Morgan fingerprint density at radius 2 is 2.13 bits per heavy atom. The molecule has 0 amide bonds. The number of nitrogens with two attached hydrogens (primary N) is 1. The lowest BCUT2D eigenvalue weighted by Gasteiger charge is -2.15. The zero-order valence-corrected chi connectivity index (χ0v) is 9.93. The highest BCUT2D eigenvalue weighted by atomic mass is 35.5. The molecule has 82 valence electrons. The van der Waals surface area contributed by atoms with E-state index in [1.165, 1.54) is 5.56 Å². The predicted octanol–water partition coefficient (Wildman–Crippen LogP) is 2.53. The number of hydrogen-bond donors (Lipinski definition) is 1. The van der Waals surface area contributed by atoms with Crippen LogP contribution in [0.3, 0.4) is 0 Å². The van der Waals surface area contributed by atoms with Crippen LogP contribution in [0.1, 0.15) is 12.0 Å². The third-order valence-corrected chi connectivity index (χ3v) is 3.44. The summed E-state index contributed by atoms with van der Waals surface area (Å²) in [5, 5.41) is 1.23. The molecule has 4 heteroatoms. The van der Waals surface area contributed by atoms with Crippen molar-refractivity contribution in [1.29, 1.82) is 0 Å². The quantitative estimate of drug-likeness (QED) is 0.867. The van der Waals surface area contributed by atoms with E-state index in [4.69, 9.17) is 28.9 Å². The Bertz CT molecular complexity index is 354. The van der Waals surface area contributed by atoms with Gasteiger partial charge in [0.25, 0.3) is 0 Å². The van der Waals surface area contributed by atoms with Crippen LogP contribution in [-0.4, -0.2) is 24.0 Å². The van der Waals surface area contributed by atoms with Crippen molar-refractivity contribution in [3.8, 4) is 0 Å². The van der Waals surface area contributed by atoms with Gasteiger partial charge in [-0.1, -0.05) is 29.3 Å². The summed E-state index contributed by atoms with van der Waals surface area (Å²) in [6.45, 7) is 2.95. The average molecular weight is 245 g/mol. The van der Waals surface area contributed by atoms with Crippen molar-refractivity contribution < 1.29 is 0 Å². The molecule has 0 aromatic heterocycles. The molecule has 0 saturated carbocycles. The van der Waals surface area contributed by atoms with Crippen LogP contribution >= 0.6 is 23.2 Å². The zero-order chi connectivity index (χ0) is 10.8. The number of likely N-dealkylation sites (tertiary alicyclic amines) is 1. The van der Waals surface area contributed by atoms with Gasteiger partial charge >= 0.3 is 0 Å². The van der Waals surface area contributed by atoms with Crippen LogP contribution in [0.5, 0.6) is 0 Å². The van der Waals surface area contributed by atoms with E-state index in [0.717, 1.165) is 26.1 Å². The third-order valence-electron chi connectivity index (χ3n) is 2.70. The third kappa shape index (κ3) is 2.85. The van der Waals surface area contributed by atoms with Gasteiger partial charge in [0, 0.05) is 25.7 Å². The minimum atomic E-state index is 0.327. The van der Waals surface area contributed by atoms with Gasteiger partial charge in [0.05, 0.1) is 10.0 Å². The number of nitrogens with zero attached hydrogens (tertiary/aromatic N) is 1. The first kappa shape index (κ1) is 11.2. The molecule has 2 N–H and O–H groups in total. The molecule has 1 heterocycles. The maximum absolute atomic E-state index is 5.95. The molecule has 0 bridgehead atoms. The molecule has 1 aliphatic rings. The summed E-state index contributed by atoms with van der Waals surface area (Å²) in [6, 6.07) is 6.11. The van der Waals surface area contributed by atoms with E-state index >= 15 is 0 Å². The van der Waals surface area contributed by atoms with Gasteiger partial charge in [0.15, 0.2) is 0 Å². The SMILES string of the molecule is N[C@H]1CCN(Cc2ccc(Cl)c(Cl)c2)C1. The topological polar surface area (TPSA) is 29.3 Å². The predicted molar refractivity (Wildman–Crippen MR) is 64.3 cm³/mol. The average Bonchev–Trinajstić information content (AvgIpc) is 2.58. The Morgan fingerprint density at radius 1 is 1.33 bits per heavy atom. The second kappa shape index (κ2) is 4.71. The maximum Gasteiger partial charge on any atom is 0.0595 e. The first-order valence-electron chi connectivity index (χ1n) is 5.07. The standard InChI is InChI=1S/C11H14Cl2N2/c12-10-2-1-8(5-11(10)13)6-15-4-3-9(14)7-15/h1-2,5,9H,3-4,6-7,14H2/t9-/m0/s1. The van der Waals surface area contributed by atoms with Crippen LogP contribution in [0.25, 0.3) is 0 Å². The summed E-state index contributed by atoms with van der Waals surface area (Å²) in [7, 11) is 0. The van der Waals surface area contributed by atoms with Crippen molar-refractivity contribution >= 4 is 23.2 Å². The Balaban J connectivity index is 2.02. The van der Waals surface area contributed by atoms with Gasteiger partial charge < -0.3 is 5.73 Å². The Hall–Kier alpha value is -0.280. The summed E-state index contributed by atoms with van der Waals surface area (Å²) in [4.78, 5) is 2.34. The summed E-state index contributed by atoms with van der Waals surface area (Å²) in [5.74, 6) is 0. The van der Waals surface area contributed by atoms with Crippen molar-refractivity contribution in [2.45, 2.75) is 19.0 Å². The lowest BCUT2D eigenvalue weighted by Crippen LogP contribution is -2.26. The maximum atomic E-state index is 5.95. The smallest absolute Gasteiger partial charge is 0.0595 e. The second-order valence-corrected chi connectivity index (χ2v) is 4.85. The molecule has 1 fully saturated rings. The molecule has 0 unspecified atom stereocenters. The van der Waals surface area contributed by atoms with Crippen LogP contribution in [0.4, 0.5) is 0 Å². The van der Waals surface area contributed by atoms with Crippen molar-refractivity contribution in [3.63, 3.8) is 0 Å². The fourth-order valence-electron chi connectivity index (χ4n) is 1.90. The highest BCUT2D eigenvalue weighted by molar-refractivity contribution is 6.42. The van der Waals surface area contributed by atoms with E-state index in [-0.39, 0.29) is 0 Å². The molecule has 1 aromatic rings. The van der Waals surface area contributed by atoms with Gasteiger partial charge in [0.1, 0.15) is 0 Å². The fraction of sp³-hybridized carbons (Fsp3) is 0.455. The molecular formula is C11H14Cl2N2. The summed E-state index contributed by atoms with van der Waals surface area (Å²) < 4.78 is 0. The van der Waals surface area contributed by atoms with Gasteiger partial charge in [0.2, 0.25) is 0 Å². The number of hydrogen-bond acceptors (Lipinski definition) is 2. The first-order chi connectivity index (χ1) is 7.15. The highest BCUT2D eigenvalue weighted by Crippen LogP contribution is 2.23. The lowest BCUT2D eigenvalue weighted by atomic mass is 10.2. The minimum Gasteiger partial charge on any atom is -0.326 e. The van der Waals surface area contributed by atoms with E-state index in [0.29, 0.717) is 16.1 Å². The fourth-order valence-corrected chi connectivity index (χ4v) is 2.22. The van der Waals surface area contributed by atoms with Gasteiger partial charge in [-0.25, -0.2) is 0 Å². The van der Waals surface area contributed by atoms with E-state index < -0.39 is 0 Å². The van der Waals surface area contributed by atoms with Crippen LogP contribution in [-0.2, 0) is 6.54 Å². The highest BCUT2D eigenvalue weighted by Gasteiger charge is 2.18. The zero-order valence-electron chi connectivity index (χ0n) is 8.42. The van der Waals surface area contributed by atoms with Crippen LogP contribution < -0.4 is 5.73 Å².